The van der Waals surface area contributed by atoms with Gasteiger partial charge >= 0.3 is 23.1 Å². The normalized spacial score (nSPS) is 8.42. The quantitative estimate of drug-likeness (QED) is 0.613. The first-order valence-corrected chi connectivity index (χ1v) is 4.86. The fourth-order valence-electron chi connectivity index (χ4n) is 1.01. The summed E-state index contributed by atoms with van der Waals surface area (Å²) in [6, 6.07) is 10.7. The van der Waals surface area contributed by atoms with E-state index in [1.165, 1.54) is 48.5 Å². The van der Waals surface area contributed by atoms with Crippen LogP contribution in [0.25, 0.3) is 0 Å². The molecule has 0 N–H and O–H groups in total. The first kappa shape index (κ1) is 17.0. The summed E-state index contributed by atoms with van der Waals surface area (Å²) >= 11 is 0. The van der Waals surface area contributed by atoms with Gasteiger partial charge in [0.25, 0.3) is 0 Å². The molecule has 0 saturated carbocycles. The minimum Gasteiger partial charge on any atom is -0.872 e. The van der Waals surface area contributed by atoms with E-state index in [0.717, 1.165) is 0 Å². The minimum atomic E-state index is -0.109. The van der Waals surface area contributed by atoms with Crippen LogP contribution >= 0.6 is 0 Å². The standard InChI is InChI=1S/2C6H5NO2.Mg/c2*8-6-3-1-5(7-9)2-4-6;/h2*1-4,8H;/q;;+2/p-2. The molecular formula is C12H8MgN2O4. The average molecular weight is 269 g/mol. The van der Waals surface area contributed by atoms with Gasteiger partial charge in [0.15, 0.2) is 0 Å². The predicted molar refractivity (Wildman–Crippen MR) is 68.4 cm³/mol. The Bertz CT molecular complexity index is 465. The van der Waals surface area contributed by atoms with Crippen molar-refractivity contribution < 1.29 is 10.2 Å². The van der Waals surface area contributed by atoms with Gasteiger partial charge in [-0.2, -0.15) is 0 Å². The molecule has 0 aliphatic heterocycles. The molecule has 92 valence electrons. The van der Waals surface area contributed by atoms with Crippen molar-refractivity contribution in [2.24, 2.45) is 10.4 Å². The third-order valence-electron chi connectivity index (χ3n) is 1.88. The molecule has 0 heterocycles. The summed E-state index contributed by atoms with van der Waals surface area (Å²) in [5.41, 5.74) is 0.573. The summed E-state index contributed by atoms with van der Waals surface area (Å²) in [4.78, 5) is 19.5. The Morgan fingerprint density at radius 1 is 0.632 bits per heavy atom. The predicted octanol–water partition coefficient (Wildman–Crippen LogP) is 1.94. The molecule has 2 aromatic carbocycles. The van der Waals surface area contributed by atoms with Crippen LogP contribution in [0, 0.1) is 9.81 Å². The van der Waals surface area contributed by atoms with E-state index in [2.05, 4.69) is 10.4 Å². The van der Waals surface area contributed by atoms with Crippen LogP contribution in [0.5, 0.6) is 11.5 Å². The van der Waals surface area contributed by atoms with Gasteiger partial charge in [-0.1, -0.05) is 24.3 Å². The smallest absolute Gasteiger partial charge is 0.872 e. The van der Waals surface area contributed by atoms with Crippen molar-refractivity contribution in [2.45, 2.75) is 0 Å². The minimum absolute atomic E-state index is 0. The van der Waals surface area contributed by atoms with Crippen molar-refractivity contribution in [3.8, 4) is 11.5 Å². The molecule has 0 radical (unpaired) electrons. The summed E-state index contributed by atoms with van der Waals surface area (Å²) in [6.07, 6.45) is 0. The molecule has 0 fully saturated rings. The molecule has 0 aliphatic rings. The van der Waals surface area contributed by atoms with Crippen molar-refractivity contribution in [3.05, 3.63) is 58.3 Å². The van der Waals surface area contributed by atoms with Crippen LogP contribution in [-0.4, -0.2) is 23.1 Å². The molecule has 19 heavy (non-hydrogen) atoms. The second kappa shape index (κ2) is 9.01. The number of hydrogen-bond acceptors (Lipinski definition) is 6. The topological polar surface area (TPSA) is 105 Å². The summed E-state index contributed by atoms with van der Waals surface area (Å²) in [5.74, 6) is -0.218. The zero-order valence-corrected chi connectivity index (χ0v) is 11.3. The number of nitrogens with zero attached hydrogens (tertiary/aromatic N) is 2. The zero-order valence-electron chi connectivity index (χ0n) is 9.85. The summed E-state index contributed by atoms with van der Waals surface area (Å²) in [7, 11) is 0. The second-order valence-corrected chi connectivity index (χ2v) is 3.17. The van der Waals surface area contributed by atoms with E-state index >= 15 is 0 Å². The van der Waals surface area contributed by atoms with Crippen LogP contribution in [0.3, 0.4) is 0 Å². The third kappa shape index (κ3) is 6.48. The molecule has 0 atom stereocenters. The van der Waals surface area contributed by atoms with Gasteiger partial charge in [0.2, 0.25) is 0 Å². The largest absolute Gasteiger partial charge is 2.00 e. The maximum absolute atomic E-state index is 10.4. The molecule has 0 spiro atoms. The SMILES string of the molecule is O=Nc1ccc([O-])cc1.O=Nc1ccc([O-])cc1.[Mg+2]. The molecule has 0 bridgehead atoms. The van der Waals surface area contributed by atoms with Gasteiger partial charge < -0.3 is 10.2 Å². The molecule has 6 nitrogen and oxygen atoms in total. The molecule has 0 unspecified atom stereocenters. The van der Waals surface area contributed by atoms with Gasteiger partial charge in [-0.15, -0.1) is 21.3 Å². The molecule has 0 saturated heterocycles. The van der Waals surface area contributed by atoms with Gasteiger partial charge in [0.1, 0.15) is 11.4 Å². The maximum atomic E-state index is 10.4. The van der Waals surface area contributed by atoms with E-state index < -0.39 is 0 Å². The third-order valence-corrected chi connectivity index (χ3v) is 1.88. The van der Waals surface area contributed by atoms with E-state index in [9.17, 15) is 20.0 Å². The van der Waals surface area contributed by atoms with E-state index in [1.54, 1.807) is 0 Å². The fourth-order valence-corrected chi connectivity index (χ4v) is 1.01. The van der Waals surface area contributed by atoms with Crippen LogP contribution in [0.4, 0.5) is 11.4 Å². The summed E-state index contributed by atoms with van der Waals surface area (Å²) < 4.78 is 0. The first-order valence-electron chi connectivity index (χ1n) is 4.86. The first-order chi connectivity index (χ1) is 8.65. The van der Waals surface area contributed by atoms with Gasteiger partial charge in [-0.05, 0) is 34.6 Å². The van der Waals surface area contributed by atoms with Crippen molar-refractivity contribution in [2.75, 3.05) is 0 Å². The summed E-state index contributed by atoms with van der Waals surface area (Å²) in [6.45, 7) is 0. The maximum Gasteiger partial charge on any atom is 2.00 e. The average Bonchev–Trinajstić information content (AvgIpc) is 2.41. The Morgan fingerprint density at radius 2 is 0.895 bits per heavy atom. The van der Waals surface area contributed by atoms with E-state index in [0.29, 0.717) is 0 Å². The molecular weight excluding hydrogens is 260 g/mol. The van der Waals surface area contributed by atoms with Crippen molar-refractivity contribution in [3.63, 3.8) is 0 Å². The molecule has 0 aliphatic carbocycles. The Morgan fingerprint density at radius 3 is 1.11 bits per heavy atom. The number of hydrogen-bond donors (Lipinski definition) is 0. The Balaban J connectivity index is 0.000000324. The van der Waals surface area contributed by atoms with E-state index in [1.807, 2.05) is 0 Å². The van der Waals surface area contributed by atoms with Crippen LogP contribution in [-0.2, 0) is 0 Å². The van der Waals surface area contributed by atoms with Crippen LogP contribution < -0.4 is 10.2 Å². The van der Waals surface area contributed by atoms with E-state index in [-0.39, 0.29) is 45.9 Å². The Kier molecular flexibility index (Phi) is 8.06. The van der Waals surface area contributed by atoms with E-state index in [4.69, 9.17) is 0 Å². The van der Waals surface area contributed by atoms with Gasteiger partial charge in [0, 0.05) is 0 Å². The van der Waals surface area contributed by atoms with Crippen LogP contribution in [0.1, 0.15) is 0 Å². The fraction of sp³-hybridized carbons (Fsp3) is 0. The van der Waals surface area contributed by atoms with Crippen LogP contribution in [0.2, 0.25) is 0 Å². The molecule has 2 aromatic rings. The Hall–Kier alpha value is -1.99. The van der Waals surface area contributed by atoms with Crippen molar-refractivity contribution >= 4 is 34.4 Å². The molecule has 7 heteroatoms. The number of nitroso groups, excluding NO2 is 2. The van der Waals surface area contributed by atoms with Crippen molar-refractivity contribution in [1.29, 1.82) is 0 Å². The van der Waals surface area contributed by atoms with Gasteiger partial charge in [-0.25, -0.2) is 0 Å². The number of benzene rings is 2. The van der Waals surface area contributed by atoms with Crippen LogP contribution in [0.15, 0.2) is 58.9 Å². The summed E-state index contributed by atoms with van der Waals surface area (Å²) in [5, 5.41) is 26.0. The monoisotopic (exact) mass is 268 g/mol. The molecule has 0 amide bonds. The zero-order chi connectivity index (χ0) is 13.4. The number of rotatable bonds is 2. The molecule has 0 aromatic heterocycles. The van der Waals surface area contributed by atoms with Gasteiger partial charge in [-0.3, -0.25) is 0 Å². The van der Waals surface area contributed by atoms with Crippen molar-refractivity contribution in [1.82, 2.24) is 0 Å². The second-order valence-electron chi connectivity index (χ2n) is 3.17. The van der Waals surface area contributed by atoms with Gasteiger partial charge in [0.05, 0.1) is 0 Å². The Labute approximate surface area is 125 Å². The molecule has 2 rings (SSSR count).